The maximum absolute atomic E-state index is 6.58. The molecule has 0 aromatic carbocycles. The molecule has 0 aliphatic carbocycles. The molecule has 1 N–H and O–H groups in total. The van der Waals surface area contributed by atoms with Crippen molar-refractivity contribution in [3.8, 4) is 5.88 Å². The number of hydrogen-bond donors (Lipinski definition) is 1. The highest BCUT2D eigenvalue weighted by Gasteiger charge is 2.05. The first-order valence-corrected chi connectivity index (χ1v) is 2.78. The van der Waals surface area contributed by atoms with Gasteiger partial charge in [-0.25, -0.2) is 11.7 Å². The zero-order valence-electron chi connectivity index (χ0n) is 5.59. The lowest BCUT2D eigenvalue weighted by molar-refractivity contribution is 0.393. The second kappa shape index (κ2) is 2.87. The van der Waals surface area contributed by atoms with Gasteiger partial charge in [0.2, 0.25) is 12.4 Å². The van der Waals surface area contributed by atoms with Crippen LogP contribution in [0.15, 0.2) is 6.20 Å². The van der Waals surface area contributed by atoms with E-state index in [9.17, 15) is 0 Å². The van der Waals surface area contributed by atoms with Crippen LogP contribution in [0.1, 0.15) is 5.56 Å². The Bertz CT molecular complexity index is 248. The Hall–Kier alpha value is -1.50. The SMILES string of the molecule is [C-]#[N+]Cc1cn[nH]c1OC. The Labute approximate surface area is 58.6 Å². The van der Waals surface area contributed by atoms with Gasteiger partial charge in [0, 0.05) is 0 Å². The second-order valence-electron chi connectivity index (χ2n) is 1.74. The highest BCUT2D eigenvalue weighted by molar-refractivity contribution is 5.23. The van der Waals surface area contributed by atoms with Crippen molar-refractivity contribution >= 4 is 0 Å². The van der Waals surface area contributed by atoms with E-state index in [4.69, 9.17) is 11.3 Å². The summed E-state index contributed by atoms with van der Waals surface area (Å²) in [7, 11) is 1.54. The van der Waals surface area contributed by atoms with Crippen LogP contribution in [0.2, 0.25) is 0 Å². The normalized spacial score (nSPS) is 8.80. The maximum Gasteiger partial charge on any atom is 0.246 e. The first kappa shape index (κ1) is 6.62. The van der Waals surface area contributed by atoms with E-state index in [0.717, 1.165) is 5.56 Å². The van der Waals surface area contributed by atoms with E-state index in [1.807, 2.05) is 0 Å². The monoisotopic (exact) mass is 137 g/mol. The Kier molecular flexibility index (Phi) is 1.90. The van der Waals surface area contributed by atoms with E-state index < -0.39 is 0 Å². The standard InChI is InChI=1S/C6H7N3O/c1-7-3-5-4-8-9-6(5)10-2/h4H,3H2,2H3,(H,8,9). The number of rotatable bonds is 2. The van der Waals surface area contributed by atoms with Crippen LogP contribution in [-0.4, -0.2) is 17.3 Å². The number of aromatic amines is 1. The third-order valence-electron chi connectivity index (χ3n) is 1.13. The van der Waals surface area contributed by atoms with Crippen LogP contribution in [0.3, 0.4) is 0 Å². The minimum absolute atomic E-state index is 0.319. The zero-order chi connectivity index (χ0) is 7.40. The van der Waals surface area contributed by atoms with Crippen molar-refractivity contribution in [2.75, 3.05) is 7.11 Å². The molecule has 0 saturated carbocycles. The van der Waals surface area contributed by atoms with Crippen LogP contribution in [0.25, 0.3) is 4.85 Å². The summed E-state index contributed by atoms with van der Waals surface area (Å²) in [4.78, 5) is 3.20. The maximum atomic E-state index is 6.58. The molecule has 0 radical (unpaired) electrons. The molecule has 0 bridgehead atoms. The van der Waals surface area contributed by atoms with Gasteiger partial charge in [-0.3, -0.25) is 0 Å². The molecule has 1 aromatic heterocycles. The summed E-state index contributed by atoms with van der Waals surface area (Å²) in [5, 5.41) is 6.34. The number of methoxy groups -OCH3 is 1. The molecule has 10 heavy (non-hydrogen) atoms. The van der Waals surface area contributed by atoms with Crippen LogP contribution in [0, 0.1) is 6.57 Å². The molecular formula is C6H7N3O. The number of ether oxygens (including phenoxy) is 1. The Morgan fingerprint density at radius 2 is 2.70 bits per heavy atom. The molecule has 0 atom stereocenters. The molecule has 0 unspecified atom stereocenters. The van der Waals surface area contributed by atoms with Crippen molar-refractivity contribution in [3.63, 3.8) is 0 Å². The van der Waals surface area contributed by atoms with Gasteiger partial charge in [0.15, 0.2) is 0 Å². The van der Waals surface area contributed by atoms with Gasteiger partial charge in [0.1, 0.15) is 5.56 Å². The molecular weight excluding hydrogens is 130 g/mol. The van der Waals surface area contributed by atoms with E-state index in [1.54, 1.807) is 13.3 Å². The fourth-order valence-electron chi connectivity index (χ4n) is 0.674. The Balaban J connectivity index is 2.82. The fourth-order valence-corrected chi connectivity index (χ4v) is 0.674. The molecule has 1 rings (SSSR count). The molecule has 4 heteroatoms. The third-order valence-corrected chi connectivity index (χ3v) is 1.13. The van der Waals surface area contributed by atoms with Gasteiger partial charge < -0.3 is 9.58 Å². The highest BCUT2D eigenvalue weighted by atomic mass is 16.5. The molecule has 52 valence electrons. The summed E-state index contributed by atoms with van der Waals surface area (Å²) in [6.45, 7) is 6.90. The van der Waals surface area contributed by atoms with Gasteiger partial charge in [-0.15, -0.1) is 0 Å². The summed E-state index contributed by atoms with van der Waals surface area (Å²) < 4.78 is 4.88. The molecule has 0 fully saturated rings. The number of hydrogen-bond acceptors (Lipinski definition) is 2. The minimum atomic E-state index is 0.319. The van der Waals surface area contributed by atoms with E-state index in [0.29, 0.717) is 12.4 Å². The predicted octanol–water partition coefficient (Wildman–Crippen LogP) is 0.838. The van der Waals surface area contributed by atoms with Crippen molar-refractivity contribution in [1.82, 2.24) is 10.2 Å². The average molecular weight is 137 g/mol. The lowest BCUT2D eigenvalue weighted by Gasteiger charge is -1.92. The van der Waals surface area contributed by atoms with E-state index >= 15 is 0 Å². The molecule has 0 amide bonds. The van der Waals surface area contributed by atoms with Crippen molar-refractivity contribution in [2.24, 2.45) is 0 Å². The summed E-state index contributed by atoms with van der Waals surface area (Å²) in [5.74, 6) is 0.580. The zero-order valence-corrected chi connectivity index (χ0v) is 5.59. The first-order valence-electron chi connectivity index (χ1n) is 2.78. The van der Waals surface area contributed by atoms with Crippen molar-refractivity contribution < 1.29 is 4.74 Å². The highest BCUT2D eigenvalue weighted by Crippen LogP contribution is 2.13. The van der Waals surface area contributed by atoms with Crippen molar-refractivity contribution in [1.29, 1.82) is 0 Å². The Morgan fingerprint density at radius 1 is 1.90 bits per heavy atom. The van der Waals surface area contributed by atoms with Crippen LogP contribution in [-0.2, 0) is 6.54 Å². The van der Waals surface area contributed by atoms with E-state index in [2.05, 4.69) is 15.0 Å². The molecule has 0 aliphatic rings. The molecule has 1 heterocycles. The van der Waals surface area contributed by atoms with Gasteiger partial charge in [-0.2, -0.15) is 5.10 Å². The molecule has 0 spiro atoms. The first-order chi connectivity index (χ1) is 4.88. The van der Waals surface area contributed by atoms with Gasteiger partial charge in [-0.05, 0) is 0 Å². The van der Waals surface area contributed by atoms with Gasteiger partial charge in [0.05, 0.1) is 13.3 Å². The smallest absolute Gasteiger partial charge is 0.246 e. The van der Waals surface area contributed by atoms with E-state index in [1.165, 1.54) is 0 Å². The lowest BCUT2D eigenvalue weighted by atomic mass is 10.3. The lowest BCUT2D eigenvalue weighted by Crippen LogP contribution is -1.86. The summed E-state index contributed by atoms with van der Waals surface area (Å²) >= 11 is 0. The fraction of sp³-hybridized carbons (Fsp3) is 0.333. The Morgan fingerprint density at radius 3 is 3.30 bits per heavy atom. The minimum Gasteiger partial charge on any atom is -0.481 e. The third kappa shape index (κ3) is 1.08. The van der Waals surface area contributed by atoms with Gasteiger partial charge in [-0.1, -0.05) is 0 Å². The van der Waals surface area contributed by atoms with E-state index in [-0.39, 0.29) is 0 Å². The topological polar surface area (TPSA) is 42.3 Å². The number of aromatic nitrogens is 2. The van der Waals surface area contributed by atoms with Crippen LogP contribution in [0.5, 0.6) is 5.88 Å². The second-order valence-corrected chi connectivity index (χ2v) is 1.74. The van der Waals surface area contributed by atoms with Crippen LogP contribution < -0.4 is 4.74 Å². The van der Waals surface area contributed by atoms with Crippen LogP contribution in [0.4, 0.5) is 0 Å². The number of nitrogens with zero attached hydrogens (tertiary/aromatic N) is 2. The van der Waals surface area contributed by atoms with Crippen LogP contribution >= 0.6 is 0 Å². The summed E-state index contributed by atoms with van der Waals surface area (Å²) in [6.07, 6.45) is 1.59. The van der Waals surface area contributed by atoms with Crippen molar-refractivity contribution in [3.05, 3.63) is 23.2 Å². The quantitative estimate of drug-likeness (QED) is 0.613. The largest absolute Gasteiger partial charge is 0.481 e. The van der Waals surface area contributed by atoms with Gasteiger partial charge in [0.25, 0.3) is 0 Å². The molecule has 1 aromatic rings. The number of nitrogens with one attached hydrogen (secondary N) is 1. The average Bonchev–Trinajstić information content (AvgIpc) is 2.36. The summed E-state index contributed by atoms with van der Waals surface area (Å²) in [6, 6.07) is 0. The number of H-pyrrole nitrogens is 1. The summed E-state index contributed by atoms with van der Waals surface area (Å²) in [5.41, 5.74) is 0.803. The predicted molar refractivity (Wildman–Crippen MR) is 35.4 cm³/mol. The molecule has 0 aliphatic heterocycles. The molecule has 0 saturated heterocycles. The van der Waals surface area contributed by atoms with Crippen molar-refractivity contribution in [2.45, 2.75) is 6.54 Å². The van der Waals surface area contributed by atoms with Gasteiger partial charge >= 0.3 is 0 Å². The molecule has 4 nitrogen and oxygen atoms in total.